The van der Waals surface area contributed by atoms with Crippen LogP contribution in [-0.4, -0.2) is 20.7 Å². The number of nitrogens with zero attached hydrogens (tertiary/aromatic N) is 3. The van der Waals surface area contributed by atoms with Gasteiger partial charge in [-0.05, 0) is 41.1 Å². The molecular weight excluding hydrogens is 332 g/mol. The molecule has 2 aromatic rings. The monoisotopic (exact) mass is 342 g/mol. The fourth-order valence-corrected chi connectivity index (χ4v) is 2.20. The molecule has 1 aromatic heterocycles. The van der Waals surface area contributed by atoms with Crippen LogP contribution in [0.5, 0.6) is 0 Å². The molecule has 0 radical (unpaired) electrons. The van der Waals surface area contributed by atoms with E-state index < -0.39 is 0 Å². The van der Waals surface area contributed by atoms with Crippen LogP contribution in [0.25, 0.3) is 0 Å². The molecule has 0 aliphatic rings. The van der Waals surface area contributed by atoms with E-state index in [2.05, 4.69) is 31.4 Å². The number of aromatic nitrogens is 3. The van der Waals surface area contributed by atoms with Gasteiger partial charge in [-0.2, -0.15) is 0 Å². The van der Waals surface area contributed by atoms with Gasteiger partial charge >= 0.3 is 0 Å². The third-order valence-corrected chi connectivity index (χ3v) is 3.54. The first-order chi connectivity index (χ1) is 9.11. The Hall–Kier alpha value is -1.40. The Bertz CT molecular complexity index is 599. The Morgan fingerprint density at radius 1 is 1.53 bits per heavy atom. The minimum Gasteiger partial charge on any atom is -0.345 e. The van der Waals surface area contributed by atoms with Gasteiger partial charge in [0.1, 0.15) is 6.33 Å². The van der Waals surface area contributed by atoms with E-state index >= 15 is 0 Å². The number of aryl methyl sites for hydroxylation is 1. The smallest absolute Gasteiger partial charge is 0.252 e. The van der Waals surface area contributed by atoms with Gasteiger partial charge in [0.05, 0.1) is 12.1 Å². The lowest BCUT2D eigenvalue weighted by Crippen LogP contribution is -2.25. The van der Waals surface area contributed by atoms with Crippen molar-refractivity contribution in [2.75, 3.05) is 0 Å². The van der Waals surface area contributed by atoms with Crippen molar-refractivity contribution in [2.24, 2.45) is 0 Å². The second-order valence-electron chi connectivity index (χ2n) is 3.84. The summed E-state index contributed by atoms with van der Waals surface area (Å²) in [5, 5.41) is 11.1. The first-order valence-electron chi connectivity index (χ1n) is 5.71. The summed E-state index contributed by atoms with van der Waals surface area (Å²) >= 11 is 9.21. The van der Waals surface area contributed by atoms with Crippen molar-refractivity contribution in [3.63, 3.8) is 0 Å². The molecule has 1 N–H and O–H groups in total. The number of hydrogen-bond donors (Lipinski definition) is 1. The molecule has 2 rings (SSSR count). The van der Waals surface area contributed by atoms with Crippen LogP contribution in [0.4, 0.5) is 0 Å². The molecule has 1 heterocycles. The molecule has 0 saturated carbocycles. The number of hydrogen-bond acceptors (Lipinski definition) is 3. The molecule has 0 aliphatic carbocycles. The van der Waals surface area contributed by atoms with Gasteiger partial charge in [-0.15, -0.1) is 10.2 Å². The average molecular weight is 344 g/mol. The minimum absolute atomic E-state index is 0.208. The fourth-order valence-electron chi connectivity index (χ4n) is 1.61. The van der Waals surface area contributed by atoms with E-state index in [1.54, 1.807) is 24.5 Å². The number of carbonyl (C=O) groups is 1. The average Bonchev–Trinajstić information content (AvgIpc) is 2.86. The van der Waals surface area contributed by atoms with Crippen molar-refractivity contribution in [3.05, 3.63) is 45.4 Å². The molecule has 0 fully saturated rings. The molecule has 1 aromatic carbocycles. The molecule has 0 unspecified atom stereocenters. The summed E-state index contributed by atoms with van der Waals surface area (Å²) in [6.45, 7) is 3.08. The van der Waals surface area contributed by atoms with Gasteiger partial charge in [-0.1, -0.05) is 11.6 Å². The lowest BCUT2D eigenvalue weighted by atomic mass is 10.2. The van der Waals surface area contributed by atoms with Crippen molar-refractivity contribution < 1.29 is 4.79 Å². The van der Waals surface area contributed by atoms with Crippen LogP contribution in [0.1, 0.15) is 23.1 Å². The number of halogens is 2. The summed E-state index contributed by atoms with van der Waals surface area (Å²) in [5.41, 5.74) is 0.495. The SMILES string of the molecule is CCn1cnnc1CNC(=O)c1cc(Cl)ccc1Br. The zero-order valence-corrected chi connectivity index (χ0v) is 12.6. The second-order valence-corrected chi connectivity index (χ2v) is 5.13. The van der Waals surface area contributed by atoms with Gasteiger partial charge in [-0.3, -0.25) is 4.79 Å². The minimum atomic E-state index is -0.208. The van der Waals surface area contributed by atoms with Gasteiger partial charge < -0.3 is 9.88 Å². The molecular formula is C12H12BrClN4O. The molecule has 0 bridgehead atoms. The summed E-state index contributed by atoms with van der Waals surface area (Å²) in [7, 11) is 0. The maximum atomic E-state index is 12.1. The van der Waals surface area contributed by atoms with Crippen molar-refractivity contribution in [3.8, 4) is 0 Å². The fraction of sp³-hybridized carbons (Fsp3) is 0.250. The Labute approximate surface area is 124 Å². The number of carbonyl (C=O) groups excluding carboxylic acids is 1. The molecule has 100 valence electrons. The maximum absolute atomic E-state index is 12.1. The highest BCUT2D eigenvalue weighted by atomic mass is 79.9. The molecule has 0 aliphatic heterocycles. The van der Waals surface area contributed by atoms with Crippen molar-refractivity contribution >= 4 is 33.4 Å². The Balaban J connectivity index is 2.07. The zero-order valence-electron chi connectivity index (χ0n) is 10.2. The Kier molecular flexibility index (Phi) is 4.55. The number of rotatable bonds is 4. The van der Waals surface area contributed by atoms with E-state index in [-0.39, 0.29) is 5.91 Å². The Morgan fingerprint density at radius 3 is 3.05 bits per heavy atom. The number of nitrogens with one attached hydrogen (secondary N) is 1. The predicted molar refractivity (Wildman–Crippen MR) is 76.0 cm³/mol. The van der Waals surface area contributed by atoms with Crippen LogP contribution in [0.3, 0.4) is 0 Å². The van der Waals surface area contributed by atoms with Gasteiger partial charge in [0.2, 0.25) is 0 Å². The van der Waals surface area contributed by atoms with Crippen LogP contribution in [0.2, 0.25) is 5.02 Å². The van der Waals surface area contributed by atoms with E-state index in [1.165, 1.54) is 0 Å². The highest BCUT2D eigenvalue weighted by molar-refractivity contribution is 9.10. The van der Waals surface area contributed by atoms with E-state index in [9.17, 15) is 4.79 Å². The van der Waals surface area contributed by atoms with Gasteiger partial charge in [-0.25, -0.2) is 0 Å². The zero-order chi connectivity index (χ0) is 13.8. The van der Waals surface area contributed by atoms with Gasteiger partial charge in [0.15, 0.2) is 5.82 Å². The van der Waals surface area contributed by atoms with Crippen LogP contribution in [-0.2, 0) is 13.1 Å². The quantitative estimate of drug-likeness (QED) is 0.928. The molecule has 5 nitrogen and oxygen atoms in total. The third-order valence-electron chi connectivity index (χ3n) is 2.62. The largest absolute Gasteiger partial charge is 0.345 e. The summed E-state index contributed by atoms with van der Waals surface area (Å²) in [4.78, 5) is 12.1. The van der Waals surface area contributed by atoms with Crippen molar-refractivity contribution in [1.29, 1.82) is 0 Å². The van der Waals surface area contributed by atoms with Crippen LogP contribution < -0.4 is 5.32 Å². The van der Waals surface area contributed by atoms with Gasteiger partial charge in [0.25, 0.3) is 5.91 Å². The molecule has 0 atom stereocenters. The van der Waals surface area contributed by atoms with Crippen LogP contribution in [0.15, 0.2) is 29.0 Å². The van der Waals surface area contributed by atoms with Gasteiger partial charge in [0, 0.05) is 16.0 Å². The normalized spacial score (nSPS) is 10.5. The van der Waals surface area contributed by atoms with E-state index in [0.717, 1.165) is 6.54 Å². The highest BCUT2D eigenvalue weighted by Crippen LogP contribution is 2.21. The van der Waals surface area contributed by atoms with Crippen LogP contribution in [0, 0.1) is 0 Å². The summed E-state index contributed by atoms with van der Waals surface area (Å²) in [6, 6.07) is 5.08. The molecule has 0 spiro atoms. The van der Waals surface area contributed by atoms with Crippen LogP contribution >= 0.6 is 27.5 Å². The maximum Gasteiger partial charge on any atom is 0.252 e. The second kappa shape index (κ2) is 6.16. The number of amides is 1. The summed E-state index contributed by atoms with van der Waals surface area (Å²) in [6.07, 6.45) is 1.64. The lowest BCUT2D eigenvalue weighted by Gasteiger charge is -2.07. The van der Waals surface area contributed by atoms with E-state index in [4.69, 9.17) is 11.6 Å². The van der Waals surface area contributed by atoms with E-state index in [1.807, 2.05) is 11.5 Å². The van der Waals surface area contributed by atoms with Crippen molar-refractivity contribution in [2.45, 2.75) is 20.0 Å². The first-order valence-corrected chi connectivity index (χ1v) is 6.89. The van der Waals surface area contributed by atoms with Crippen molar-refractivity contribution in [1.82, 2.24) is 20.1 Å². The first kappa shape index (κ1) is 14.0. The predicted octanol–water partition coefficient (Wildman–Crippen LogP) is 2.64. The Morgan fingerprint density at radius 2 is 2.32 bits per heavy atom. The topological polar surface area (TPSA) is 59.8 Å². The molecule has 19 heavy (non-hydrogen) atoms. The molecule has 0 saturated heterocycles. The summed E-state index contributed by atoms with van der Waals surface area (Å²) < 4.78 is 2.57. The lowest BCUT2D eigenvalue weighted by molar-refractivity contribution is 0.0948. The number of benzene rings is 1. The standard InChI is InChI=1S/C12H12BrClN4O/c1-2-18-7-16-17-11(18)6-15-12(19)9-5-8(14)3-4-10(9)13/h3-5,7H,2,6H2,1H3,(H,15,19). The van der Waals surface area contributed by atoms with E-state index in [0.29, 0.717) is 27.4 Å². The summed E-state index contributed by atoms with van der Waals surface area (Å²) in [5.74, 6) is 0.508. The third kappa shape index (κ3) is 3.33. The molecule has 7 heteroatoms. The molecule has 1 amide bonds. The highest BCUT2D eigenvalue weighted by Gasteiger charge is 2.11.